The number of alkyl halides is 1. The number of Topliss-reactive ketones (excluding diaryl/α,β-unsaturated/α-hetero) is 1. The van der Waals surface area contributed by atoms with Gasteiger partial charge in [-0.1, -0.05) is 12.1 Å². The molecule has 0 spiro atoms. The van der Waals surface area contributed by atoms with Crippen LogP contribution in [0.3, 0.4) is 0 Å². The van der Waals surface area contributed by atoms with Gasteiger partial charge in [-0.25, -0.2) is 0 Å². The highest BCUT2D eigenvalue weighted by atomic mass is 35.5. The number of aryl methyl sites for hydroxylation is 2. The molecule has 1 aromatic rings. The summed E-state index contributed by atoms with van der Waals surface area (Å²) in [7, 11) is 0. The van der Waals surface area contributed by atoms with Crippen molar-refractivity contribution in [1.82, 2.24) is 0 Å². The first-order valence-corrected chi connectivity index (χ1v) is 5.83. The highest BCUT2D eigenvalue weighted by molar-refractivity contribution is 6.34. The van der Waals surface area contributed by atoms with Crippen molar-refractivity contribution in [3.63, 3.8) is 0 Å². The molecule has 4 heteroatoms. The Morgan fingerprint density at radius 3 is 2.47 bits per heavy atom. The van der Waals surface area contributed by atoms with Crippen molar-refractivity contribution in [2.75, 3.05) is 0 Å². The Bertz CT molecular complexity index is 440. The Morgan fingerprint density at radius 1 is 1.29 bits per heavy atom. The van der Waals surface area contributed by atoms with Crippen molar-refractivity contribution in [1.29, 1.82) is 0 Å². The summed E-state index contributed by atoms with van der Waals surface area (Å²) >= 11 is 5.89. The first kappa shape index (κ1) is 13.7. The molecule has 1 N–H and O–H groups in total. The minimum absolute atomic E-state index is 0.0925. The number of ketones is 1. The van der Waals surface area contributed by atoms with Gasteiger partial charge in [-0.15, -0.1) is 11.6 Å². The smallest absolute Gasteiger partial charge is 0.303 e. The van der Waals surface area contributed by atoms with E-state index in [0.717, 1.165) is 11.1 Å². The highest BCUT2D eigenvalue weighted by Crippen LogP contribution is 2.16. The number of rotatable bonds is 5. The molecule has 92 valence electrons. The van der Waals surface area contributed by atoms with Crippen LogP contribution >= 0.6 is 11.6 Å². The first-order valence-electron chi connectivity index (χ1n) is 5.39. The van der Waals surface area contributed by atoms with E-state index in [-0.39, 0.29) is 18.6 Å². The van der Waals surface area contributed by atoms with Crippen LogP contribution in [0.4, 0.5) is 0 Å². The third-order valence-corrected chi connectivity index (χ3v) is 3.10. The Morgan fingerprint density at radius 2 is 1.94 bits per heavy atom. The van der Waals surface area contributed by atoms with Gasteiger partial charge in [0.1, 0.15) is 0 Å². The van der Waals surface area contributed by atoms with Gasteiger partial charge in [-0.2, -0.15) is 0 Å². The highest BCUT2D eigenvalue weighted by Gasteiger charge is 2.18. The van der Waals surface area contributed by atoms with Crippen LogP contribution in [-0.4, -0.2) is 22.2 Å². The van der Waals surface area contributed by atoms with Gasteiger partial charge >= 0.3 is 5.97 Å². The molecule has 0 saturated carbocycles. The summed E-state index contributed by atoms with van der Waals surface area (Å²) in [5.74, 6) is -1.15. The van der Waals surface area contributed by atoms with E-state index in [0.29, 0.717) is 5.56 Å². The molecule has 0 aliphatic rings. The van der Waals surface area contributed by atoms with E-state index >= 15 is 0 Å². The van der Waals surface area contributed by atoms with Gasteiger partial charge in [-0.05, 0) is 37.5 Å². The van der Waals surface area contributed by atoms with Crippen molar-refractivity contribution >= 4 is 23.4 Å². The predicted molar refractivity (Wildman–Crippen MR) is 66.8 cm³/mol. The van der Waals surface area contributed by atoms with Gasteiger partial charge < -0.3 is 5.11 Å². The Kier molecular flexibility index (Phi) is 4.70. The molecule has 1 rings (SSSR count). The van der Waals surface area contributed by atoms with Crippen molar-refractivity contribution < 1.29 is 14.7 Å². The minimum Gasteiger partial charge on any atom is -0.481 e. The number of hydrogen-bond donors (Lipinski definition) is 1. The van der Waals surface area contributed by atoms with E-state index < -0.39 is 11.3 Å². The number of hydrogen-bond acceptors (Lipinski definition) is 2. The molecule has 17 heavy (non-hydrogen) atoms. The lowest BCUT2D eigenvalue weighted by Gasteiger charge is -2.08. The van der Waals surface area contributed by atoms with Gasteiger partial charge in [0.2, 0.25) is 0 Å². The summed E-state index contributed by atoms with van der Waals surface area (Å²) in [6.07, 6.45) is 0.0629. The molecule has 0 aromatic heterocycles. The van der Waals surface area contributed by atoms with Crippen molar-refractivity contribution in [3.8, 4) is 0 Å². The van der Waals surface area contributed by atoms with E-state index in [2.05, 4.69) is 0 Å². The SMILES string of the molecule is Cc1ccc(C(=O)C(Cl)CCC(=O)O)cc1C. The Hall–Kier alpha value is -1.35. The monoisotopic (exact) mass is 254 g/mol. The van der Waals surface area contributed by atoms with Crippen LogP contribution in [0.25, 0.3) is 0 Å². The van der Waals surface area contributed by atoms with Crippen molar-refractivity contribution in [3.05, 3.63) is 34.9 Å². The molecule has 0 aliphatic carbocycles. The van der Waals surface area contributed by atoms with Crippen molar-refractivity contribution in [2.45, 2.75) is 32.1 Å². The molecule has 0 radical (unpaired) electrons. The average molecular weight is 255 g/mol. The van der Waals surface area contributed by atoms with E-state index in [1.807, 2.05) is 19.9 Å². The maximum Gasteiger partial charge on any atom is 0.303 e. The molecule has 0 aliphatic heterocycles. The second-order valence-corrected chi connectivity index (χ2v) is 4.59. The second kappa shape index (κ2) is 5.82. The molecule has 0 heterocycles. The summed E-state index contributed by atoms with van der Waals surface area (Å²) < 4.78 is 0. The number of carboxylic acid groups (broad SMARTS) is 1. The molecular weight excluding hydrogens is 240 g/mol. The number of carboxylic acids is 1. The fourth-order valence-electron chi connectivity index (χ4n) is 1.46. The lowest BCUT2D eigenvalue weighted by Crippen LogP contribution is -2.16. The standard InChI is InChI=1S/C13H15ClO3/c1-8-3-4-10(7-9(8)2)13(17)11(14)5-6-12(15)16/h3-4,7,11H,5-6H2,1-2H3,(H,15,16). The molecule has 1 aromatic carbocycles. The summed E-state index contributed by atoms with van der Waals surface area (Å²) in [6, 6.07) is 5.37. The van der Waals surface area contributed by atoms with Gasteiger partial charge in [0, 0.05) is 12.0 Å². The second-order valence-electron chi connectivity index (χ2n) is 4.06. The minimum atomic E-state index is -0.941. The van der Waals surface area contributed by atoms with Gasteiger partial charge in [-0.3, -0.25) is 9.59 Å². The fraction of sp³-hybridized carbons (Fsp3) is 0.385. The van der Waals surface area contributed by atoms with E-state index in [1.165, 1.54) is 0 Å². The average Bonchev–Trinajstić information content (AvgIpc) is 2.28. The van der Waals surface area contributed by atoms with Crippen LogP contribution in [0.1, 0.15) is 34.3 Å². The molecular formula is C13H15ClO3. The fourth-order valence-corrected chi connectivity index (χ4v) is 1.69. The van der Waals surface area contributed by atoms with Crippen LogP contribution in [0, 0.1) is 13.8 Å². The predicted octanol–water partition coefficient (Wildman–Crippen LogP) is 2.96. The normalized spacial score (nSPS) is 12.2. The van der Waals surface area contributed by atoms with Crippen LogP contribution < -0.4 is 0 Å². The van der Waals surface area contributed by atoms with Crippen LogP contribution in [0.2, 0.25) is 0 Å². The maximum absolute atomic E-state index is 11.9. The third kappa shape index (κ3) is 3.86. The zero-order valence-electron chi connectivity index (χ0n) is 9.87. The number of carbonyl (C=O) groups excluding carboxylic acids is 1. The largest absolute Gasteiger partial charge is 0.481 e. The molecule has 1 unspecified atom stereocenters. The molecule has 0 bridgehead atoms. The summed E-state index contributed by atoms with van der Waals surface area (Å²) in [5, 5.41) is 7.76. The number of aliphatic carboxylic acids is 1. The zero-order valence-corrected chi connectivity index (χ0v) is 10.6. The number of carbonyl (C=O) groups is 2. The topological polar surface area (TPSA) is 54.4 Å². The number of benzene rings is 1. The summed E-state index contributed by atoms with van der Waals surface area (Å²) in [5.41, 5.74) is 2.68. The lowest BCUT2D eigenvalue weighted by atomic mass is 10.0. The van der Waals surface area contributed by atoms with E-state index in [9.17, 15) is 9.59 Å². The molecule has 0 amide bonds. The lowest BCUT2D eigenvalue weighted by molar-refractivity contribution is -0.137. The summed E-state index contributed by atoms with van der Waals surface area (Å²) in [6.45, 7) is 3.89. The van der Waals surface area contributed by atoms with E-state index in [4.69, 9.17) is 16.7 Å². The molecule has 0 fully saturated rings. The molecule has 3 nitrogen and oxygen atoms in total. The van der Waals surface area contributed by atoms with Gasteiger partial charge in [0.05, 0.1) is 5.38 Å². The van der Waals surface area contributed by atoms with Crippen LogP contribution in [0.5, 0.6) is 0 Å². The molecule has 1 atom stereocenters. The molecule has 0 saturated heterocycles. The van der Waals surface area contributed by atoms with Gasteiger partial charge in [0.25, 0.3) is 0 Å². The van der Waals surface area contributed by atoms with Crippen LogP contribution in [0.15, 0.2) is 18.2 Å². The Labute approximate surface area is 105 Å². The van der Waals surface area contributed by atoms with E-state index in [1.54, 1.807) is 12.1 Å². The summed E-state index contributed by atoms with van der Waals surface area (Å²) in [4.78, 5) is 22.3. The Balaban J connectivity index is 2.74. The quantitative estimate of drug-likeness (QED) is 0.649. The van der Waals surface area contributed by atoms with Crippen molar-refractivity contribution in [2.24, 2.45) is 0 Å². The number of halogens is 1. The zero-order chi connectivity index (χ0) is 13.0. The van der Waals surface area contributed by atoms with Crippen LogP contribution in [-0.2, 0) is 4.79 Å². The first-order chi connectivity index (χ1) is 7.91. The van der Waals surface area contributed by atoms with Gasteiger partial charge in [0.15, 0.2) is 5.78 Å². The maximum atomic E-state index is 11.9. The third-order valence-electron chi connectivity index (χ3n) is 2.69.